The Morgan fingerprint density at radius 1 is 0.931 bits per heavy atom. The van der Waals surface area contributed by atoms with E-state index < -0.39 is 6.04 Å². The number of carbonyl (C=O) groups is 2. The number of hydrogen-bond donors (Lipinski definition) is 2. The summed E-state index contributed by atoms with van der Waals surface area (Å²) in [6, 6.07) is 22.0. The van der Waals surface area contributed by atoms with E-state index in [1.54, 1.807) is 61.7 Å². The fourth-order valence-corrected chi connectivity index (χ4v) is 3.10. The monoisotopic (exact) mass is 389 g/mol. The number of carbonyl (C=O) groups excluding carboxylic acids is 2. The molecule has 5 heteroatoms. The van der Waals surface area contributed by atoms with Gasteiger partial charge in [0.25, 0.3) is 5.91 Å². The van der Waals surface area contributed by atoms with Crippen molar-refractivity contribution in [3.63, 3.8) is 0 Å². The van der Waals surface area contributed by atoms with Gasteiger partial charge < -0.3 is 15.2 Å². The maximum absolute atomic E-state index is 13.1. The number of para-hydroxylation sites is 1. The standard InChI is InChI=1S/C24H23NO4/c1-29-23-10-6-5-9-19(23)16-22(27)21(15-17-11-13-20(26)14-12-17)25-24(28)18-7-3-2-4-8-18/h2-14,21,26H,15-16H2,1H3,(H,25,28). The Balaban J connectivity index is 1.81. The third-order valence-corrected chi connectivity index (χ3v) is 4.66. The second-order valence-corrected chi connectivity index (χ2v) is 6.72. The molecular weight excluding hydrogens is 366 g/mol. The van der Waals surface area contributed by atoms with Gasteiger partial charge in [0.1, 0.15) is 11.5 Å². The van der Waals surface area contributed by atoms with Crippen LogP contribution in [0.25, 0.3) is 0 Å². The van der Waals surface area contributed by atoms with Gasteiger partial charge >= 0.3 is 0 Å². The Morgan fingerprint density at radius 2 is 1.59 bits per heavy atom. The maximum atomic E-state index is 13.1. The maximum Gasteiger partial charge on any atom is 0.251 e. The van der Waals surface area contributed by atoms with Crippen LogP contribution in [0.15, 0.2) is 78.9 Å². The molecule has 0 bridgehead atoms. The quantitative estimate of drug-likeness (QED) is 0.618. The van der Waals surface area contributed by atoms with E-state index in [0.717, 1.165) is 11.1 Å². The molecule has 29 heavy (non-hydrogen) atoms. The van der Waals surface area contributed by atoms with E-state index in [2.05, 4.69) is 5.32 Å². The predicted octanol–water partition coefficient (Wildman–Crippen LogP) is 3.55. The first-order valence-corrected chi connectivity index (χ1v) is 9.35. The Morgan fingerprint density at radius 3 is 2.28 bits per heavy atom. The van der Waals surface area contributed by atoms with Crippen LogP contribution in [0.4, 0.5) is 0 Å². The summed E-state index contributed by atoms with van der Waals surface area (Å²) in [5.74, 6) is 0.368. The van der Waals surface area contributed by atoms with Crippen molar-refractivity contribution in [1.29, 1.82) is 0 Å². The first-order chi connectivity index (χ1) is 14.1. The minimum atomic E-state index is -0.711. The Hall–Kier alpha value is -3.60. The van der Waals surface area contributed by atoms with Crippen molar-refractivity contribution in [2.45, 2.75) is 18.9 Å². The molecule has 0 fully saturated rings. The van der Waals surface area contributed by atoms with Gasteiger partial charge in [0.2, 0.25) is 0 Å². The van der Waals surface area contributed by atoms with Crippen molar-refractivity contribution in [2.24, 2.45) is 0 Å². The van der Waals surface area contributed by atoms with Gasteiger partial charge in [-0.25, -0.2) is 0 Å². The molecule has 0 aromatic heterocycles. The largest absolute Gasteiger partial charge is 0.508 e. The van der Waals surface area contributed by atoms with Crippen molar-refractivity contribution < 1.29 is 19.4 Å². The number of ether oxygens (including phenoxy) is 1. The molecule has 0 spiro atoms. The molecule has 0 radical (unpaired) electrons. The van der Waals surface area contributed by atoms with E-state index >= 15 is 0 Å². The molecule has 1 unspecified atom stereocenters. The van der Waals surface area contributed by atoms with Gasteiger partial charge in [-0.05, 0) is 42.3 Å². The molecule has 5 nitrogen and oxygen atoms in total. The molecule has 0 saturated heterocycles. The van der Waals surface area contributed by atoms with Crippen molar-refractivity contribution in [3.05, 3.63) is 95.6 Å². The van der Waals surface area contributed by atoms with Crippen LogP contribution < -0.4 is 10.1 Å². The Labute approximate surface area is 170 Å². The van der Waals surface area contributed by atoms with Gasteiger partial charge in [-0.3, -0.25) is 9.59 Å². The average Bonchev–Trinajstić information content (AvgIpc) is 2.75. The zero-order valence-electron chi connectivity index (χ0n) is 16.2. The molecule has 1 amide bonds. The van der Waals surface area contributed by atoms with Crippen LogP contribution in [-0.2, 0) is 17.6 Å². The highest BCUT2D eigenvalue weighted by Gasteiger charge is 2.23. The smallest absolute Gasteiger partial charge is 0.251 e. The number of phenolic OH excluding ortho intramolecular Hbond substituents is 1. The summed E-state index contributed by atoms with van der Waals surface area (Å²) in [6.45, 7) is 0. The molecule has 0 aliphatic rings. The number of nitrogens with one attached hydrogen (secondary N) is 1. The summed E-state index contributed by atoms with van der Waals surface area (Å²) < 4.78 is 5.34. The zero-order chi connectivity index (χ0) is 20.6. The van der Waals surface area contributed by atoms with Crippen LogP contribution in [0.3, 0.4) is 0 Å². The van der Waals surface area contributed by atoms with Crippen LogP contribution in [0.5, 0.6) is 11.5 Å². The van der Waals surface area contributed by atoms with Crippen LogP contribution in [-0.4, -0.2) is 29.9 Å². The lowest BCUT2D eigenvalue weighted by Crippen LogP contribution is -2.43. The highest BCUT2D eigenvalue weighted by Crippen LogP contribution is 2.19. The number of amides is 1. The SMILES string of the molecule is COc1ccccc1CC(=O)C(Cc1ccc(O)cc1)NC(=O)c1ccccc1. The highest BCUT2D eigenvalue weighted by molar-refractivity contribution is 5.98. The molecule has 0 aliphatic carbocycles. The number of ketones is 1. The number of benzene rings is 3. The molecule has 0 saturated carbocycles. The molecule has 0 heterocycles. The van der Waals surface area contributed by atoms with Crippen molar-refractivity contribution >= 4 is 11.7 Å². The molecular formula is C24H23NO4. The van der Waals surface area contributed by atoms with Gasteiger partial charge in [-0.2, -0.15) is 0 Å². The number of rotatable bonds is 8. The molecule has 3 rings (SSSR count). The number of phenols is 1. The molecule has 0 aliphatic heterocycles. The fraction of sp³-hybridized carbons (Fsp3) is 0.167. The van der Waals surface area contributed by atoms with Crippen molar-refractivity contribution in [3.8, 4) is 11.5 Å². The third-order valence-electron chi connectivity index (χ3n) is 4.66. The van der Waals surface area contributed by atoms with E-state index in [4.69, 9.17) is 4.74 Å². The lowest BCUT2D eigenvalue weighted by atomic mass is 9.97. The number of Topliss-reactive ketones (excluding diaryl/α,β-unsaturated/α-hetero) is 1. The minimum absolute atomic E-state index is 0.119. The second kappa shape index (κ2) is 9.55. The number of aromatic hydroxyl groups is 1. The van der Waals surface area contributed by atoms with Gasteiger partial charge in [-0.15, -0.1) is 0 Å². The van der Waals surface area contributed by atoms with Crippen LogP contribution in [0.1, 0.15) is 21.5 Å². The highest BCUT2D eigenvalue weighted by atomic mass is 16.5. The summed E-state index contributed by atoms with van der Waals surface area (Å²) in [5, 5.41) is 12.4. The first-order valence-electron chi connectivity index (χ1n) is 9.35. The predicted molar refractivity (Wildman–Crippen MR) is 111 cm³/mol. The summed E-state index contributed by atoms with van der Waals surface area (Å²) >= 11 is 0. The average molecular weight is 389 g/mol. The van der Waals surface area contributed by atoms with Crippen molar-refractivity contribution in [1.82, 2.24) is 5.32 Å². The summed E-state index contributed by atoms with van der Waals surface area (Å²) in [6.07, 6.45) is 0.467. The van der Waals surface area contributed by atoms with E-state index in [1.165, 1.54) is 0 Å². The van der Waals surface area contributed by atoms with Crippen LogP contribution in [0.2, 0.25) is 0 Å². The van der Waals surface area contributed by atoms with Crippen LogP contribution >= 0.6 is 0 Å². The Kier molecular flexibility index (Phi) is 6.63. The molecule has 2 N–H and O–H groups in total. The molecule has 148 valence electrons. The van der Waals surface area contributed by atoms with E-state index in [0.29, 0.717) is 17.7 Å². The van der Waals surface area contributed by atoms with E-state index in [1.807, 2.05) is 24.3 Å². The van der Waals surface area contributed by atoms with E-state index in [9.17, 15) is 14.7 Å². The molecule has 1 atom stereocenters. The lowest BCUT2D eigenvalue weighted by Gasteiger charge is -2.19. The fourth-order valence-electron chi connectivity index (χ4n) is 3.10. The first kappa shape index (κ1) is 20.1. The summed E-state index contributed by atoms with van der Waals surface area (Å²) in [7, 11) is 1.56. The summed E-state index contributed by atoms with van der Waals surface area (Å²) in [5.41, 5.74) is 2.10. The normalized spacial score (nSPS) is 11.5. The lowest BCUT2D eigenvalue weighted by molar-refractivity contribution is -0.120. The van der Waals surface area contributed by atoms with Crippen molar-refractivity contribution in [2.75, 3.05) is 7.11 Å². The third kappa shape index (κ3) is 5.45. The molecule has 3 aromatic rings. The van der Waals surface area contributed by atoms with E-state index in [-0.39, 0.29) is 23.9 Å². The van der Waals surface area contributed by atoms with Gasteiger partial charge in [0, 0.05) is 17.5 Å². The minimum Gasteiger partial charge on any atom is -0.508 e. The van der Waals surface area contributed by atoms with Crippen LogP contribution in [0, 0.1) is 0 Å². The van der Waals surface area contributed by atoms with Gasteiger partial charge in [0.15, 0.2) is 5.78 Å². The topological polar surface area (TPSA) is 75.6 Å². The van der Waals surface area contributed by atoms with Gasteiger partial charge in [0.05, 0.1) is 13.2 Å². The Bertz CT molecular complexity index is 968. The zero-order valence-corrected chi connectivity index (χ0v) is 16.2. The second-order valence-electron chi connectivity index (χ2n) is 6.72. The summed E-state index contributed by atoms with van der Waals surface area (Å²) in [4.78, 5) is 25.8. The number of methoxy groups -OCH3 is 1. The molecule has 3 aromatic carbocycles. The van der Waals surface area contributed by atoms with Gasteiger partial charge in [-0.1, -0.05) is 48.5 Å². The number of hydrogen-bond acceptors (Lipinski definition) is 4.